The van der Waals surface area contributed by atoms with Crippen molar-refractivity contribution >= 4 is 24.4 Å². The molecule has 2 radical (unpaired) electrons. The van der Waals surface area contributed by atoms with Crippen LogP contribution in [0.15, 0.2) is 54.8 Å². The van der Waals surface area contributed by atoms with Gasteiger partial charge in [0.15, 0.2) is 0 Å². The van der Waals surface area contributed by atoms with Gasteiger partial charge in [-0.25, -0.2) is 0 Å². The van der Waals surface area contributed by atoms with E-state index in [1.807, 2.05) is 36.9 Å². The van der Waals surface area contributed by atoms with E-state index in [0.29, 0.717) is 0 Å². The zero-order valence-corrected chi connectivity index (χ0v) is 16.8. The Morgan fingerprint density at radius 3 is 1.85 bits per heavy atom. The topological polar surface area (TPSA) is 19.0 Å². The summed E-state index contributed by atoms with van der Waals surface area (Å²) in [7, 11) is -10.7. The number of benzene rings is 1. The maximum Gasteiger partial charge on any atom is 1.00 e. The molecule has 1 saturated heterocycles. The first-order chi connectivity index (χ1) is 11.9. The first-order valence-electron chi connectivity index (χ1n) is 7.94. The summed E-state index contributed by atoms with van der Waals surface area (Å²) in [5, 5.41) is 1.31. The third-order valence-electron chi connectivity index (χ3n) is 3.57. The van der Waals surface area contributed by atoms with Crippen molar-refractivity contribution in [3.8, 4) is 0 Å². The van der Waals surface area contributed by atoms with Gasteiger partial charge in [-0.2, -0.15) is 0 Å². The molecule has 1 aliphatic heterocycles. The first kappa shape index (κ1) is 23.7. The molecule has 0 unspecified atom stereocenters. The van der Waals surface area contributed by atoms with Gasteiger partial charge >= 0.3 is 52.5 Å². The molecule has 1 fully saturated rings. The third-order valence-corrected chi connectivity index (χ3v) is 3.57. The number of nitrogens with zero attached hydrogens (tertiary/aromatic N) is 1. The van der Waals surface area contributed by atoms with Gasteiger partial charge in [0.2, 0.25) is 0 Å². The van der Waals surface area contributed by atoms with E-state index in [2.05, 4.69) is 34.1 Å². The van der Waals surface area contributed by atoms with Crippen LogP contribution in [0.5, 0.6) is 0 Å². The molecule has 1 aromatic carbocycles. The van der Waals surface area contributed by atoms with Gasteiger partial charge in [0.1, 0.15) is 0 Å². The molecule has 0 atom stereocenters. The van der Waals surface area contributed by atoms with Crippen LogP contribution in [0.3, 0.4) is 0 Å². The number of anilines is 1. The fourth-order valence-corrected chi connectivity index (χ4v) is 2.61. The van der Waals surface area contributed by atoms with Gasteiger partial charge in [0.25, 0.3) is 0 Å². The SMILES string of the molecule is F[P-](F)(F)(F)(F)F.[CH]1C=CC=C1.[Ru+].c1cc(N2CCCC2)c2[nH]ccc2c1. The Morgan fingerprint density at radius 1 is 0.815 bits per heavy atom. The van der Waals surface area contributed by atoms with Crippen molar-refractivity contribution in [2.75, 3.05) is 18.0 Å². The van der Waals surface area contributed by atoms with Crippen LogP contribution in [-0.4, -0.2) is 18.1 Å². The number of H-pyrrole nitrogens is 1. The summed E-state index contributed by atoms with van der Waals surface area (Å²) in [4.78, 5) is 5.79. The van der Waals surface area contributed by atoms with Crippen molar-refractivity contribution in [2.45, 2.75) is 12.8 Å². The van der Waals surface area contributed by atoms with E-state index in [0.717, 1.165) is 0 Å². The Labute approximate surface area is 166 Å². The molecular formula is C17H19F6N2PRu. The minimum Gasteiger partial charge on any atom is -0.370 e. The molecule has 2 aromatic rings. The van der Waals surface area contributed by atoms with Crippen LogP contribution in [0.1, 0.15) is 12.8 Å². The molecule has 4 rings (SSSR count). The zero-order chi connectivity index (χ0) is 19.3. The van der Waals surface area contributed by atoms with Gasteiger partial charge in [-0.3, -0.25) is 0 Å². The van der Waals surface area contributed by atoms with Crippen LogP contribution >= 0.6 is 7.81 Å². The fraction of sp³-hybridized carbons (Fsp3) is 0.235. The second-order valence-electron chi connectivity index (χ2n) is 5.83. The maximum absolute atomic E-state index is 10.7. The standard InChI is InChI=1S/C12H14N2.C5H5.F6P.Ru/c1-2-9-14(8-1)11-5-3-4-10-6-7-13-12(10)11;1-2-4-5-3-1;1-7(2,3,4,5)6;/h3-7,13H,1-2,8-9H2;1-5H;;/q;;-1;+1. The molecular weight excluding hydrogens is 478 g/mol. The number of fused-ring (bicyclic) bond motifs is 1. The maximum atomic E-state index is 9.87. The van der Waals surface area contributed by atoms with Gasteiger partial charge in [-0.05, 0) is 25.0 Å². The predicted octanol–water partition coefficient (Wildman–Crippen LogP) is 7.46. The minimum absolute atomic E-state index is 0. The number of halogens is 6. The zero-order valence-electron chi connectivity index (χ0n) is 14.1. The van der Waals surface area contributed by atoms with Crippen molar-refractivity contribution in [1.82, 2.24) is 4.98 Å². The molecule has 0 saturated carbocycles. The average molecular weight is 497 g/mol. The molecule has 1 N–H and O–H groups in total. The van der Waals surface area contributed by atoms with Crippen molar-refractivity contribution < 1.29 is 44.7 Å². The Bertz CT molecular complexity index is 771. The number of allylic oxidation sites excluding steroid dienone is 4. The van der Waals surface area contributed by atoms with Gasteiger partial charge < -0.3 is 9.88 Å². The largest absolute Gasteiger partial charge is 1.00 e. The molecule has 27 heavy (non-hydrogen) atoms. The van der Waals surface area contributed by atoms with Crippen molar-refractivity contribution in [2.24, 2.45) is 0 Å². The molecule has 10 heteroatoms. The second kappa shape index (κ2) is 8.36. The summed E-state index contributed by atoms with van der Waals surface area (Å²) >= 11 is 0. The van der Waals surface area contributed by atoms with Crippen molar-refractivity contribution in [3.05, 3.63) is 61.2 Å². The molecule has 0 amide bonds. The van der Waals surface area contributed by atoms with Crippen LogP contribution < -0.4 is 4.90 Å². The molecule has 2 aliphatic rings. The normalized spacial score (nSPS) is 17.9. The second-order valence-corrected chi connectivity index (χ2v) is 7.75. The quantitative estimate of drug-likeness (QED) is 0.246. The predicted molar refractivity (Wildman–Crippen MR) is 95.9 cm³/mol. The minimum atomic E-state index is -10.7. The molecule has 0 spiro atoms. The number of hydrogen-bond acceptors (Lipinski definition) is 1. The summed E-state index contributed by atoms with van der Waals surface area (Å²) < 4.78 is 59.2. The number of aromatic nitrogens is 1. The van der Waals surface area contributed by atoms with Crippen LogP contribution in [0.25, 0.3) is 10.9 Å². The summed E-state index contributed by atoms with van der Waals surface area (Å²) in [5.74, 6) is 0. The summed E-state index contributed by atoms with van der Waals surface area (Å²) in [6, 6.07) is 8.65. The Balaban J connectivity index is 0.000000237. The monoisotopic (exact) mass is 498 g/mol. The van der Waals surface area contributed by atoms with E-state index in [4.69, 9.17) is 0 Å². The number of hydrogen-bond donors (Lipinski definition) is 1. The number of para-hydroxylation sites is 1. The molecule has 152 valence electrons. The van der Waals surface area contributed by atoms with Gasteiger partial charge in [0.05, 0.1) is 11.2 Å². The van der Waals surface area contributed by atoms with Crippen LogP contribution in [0.4, 0.5) is 30.9 Å². The molecule has 1 aromatic heterocycles. The van der Waals surface area contributed by atoms with Gasteiger partial charge in [-0.15, -0.1) is 0 Å². The average Bonchev–Trinajstić information content (AvgIpc) is 3.25. The van der Waals surface area contributed by atoms with Crippen LogP contribution in [0.2, 0.25) is 0 Å². The Morgan fingerprint density at radius 2 is 1.37 bits per heavy atom. The fourth-order valence-electron chi connectivity index (χ4n) is 2.61. The van der Waals surface area contributed by atoms with Gasteiger partial charge in [-0.1, -0.05) is 36.4 Å². The van der Waals surface area contributed by atoms with Gasteiger partial charge in [0, 0.05) is 31.1 Å². The van der Waals surface area contributed by atoms with E-state index in [9.17, 15) is 25.2 Å². The number of aromatic amines is 1. The molecule has 0 bridgehead atoms. The van der Waals surface area contributed by atoms with Crippen molar-refractivity contribution in [3.63, 3.8) is 0 Å². The Kier molecular flexibility index (Phi) is 7.34. The van der Waals surface area contributed by atoms with Crippen LogP contribution in [-0.2, 0) is 19.5 Å². The molecule has 2 nitrogen and oxygen atoms in total. The summed E-state index contributed by atoms with van der Waals surface area (Å²) in [5.41, 5.74) is 2.65. The third kappa shape index (κ3) is 10.6. The summed E-state index contributed by atoms with van der Waals surface area (Å²) in [6.45, 7) is 2.41. The number of rotatable bonds is 1. The van der Waals surface area contributed by atoms with E-state index >= 15 is 0 Å². The first-order valence-corrected chi connectivity index (χ1v) is 9.97. The van der Waals surface area contributed by atoms with Crippen LogP contribution in [0, 0.1) is 6.42 Å². The van der Waals surface area contributed by atoms with E-state index in [1.165, 1.54) is 42.5 Å². The Hall–Kier alpha value is -1.33. The van der Waals surface area contributed by atoms with E-state index < -0.39 is 7.81 Å². The molecule has 1 aliphatic carbocycles. The van der Waals surface area contributed by atoms with E-state index in [1.54, 1.807) is 0 Å². The molecule has 2 heterocycles. The number of nitrogens with one attached hydrogen (secondary N) is 1. The van der Waals surface area contributed by atoms with Crippen molar-refractivity contribution in [1.29, 1.82) is 0 Å². The smallest absolute Gasteiger partial charge is 0.370 e. The summed E-state index contributed by atoms with van der Waals surface area (Å²) in [6.07, 6.45) is 14.7. The van der Waals surface area contributed by atoms with E-state index in [-0.39, 0.29) is 19.5 Å².